The molecule has 10 nitrogen and oxygen atoms in total. The predicted molar refractivity (Wildman–Crippen MR) is 109 cm³/mol. The highest BCUT2D eigenvalue weighted by atomic mass is 16.7. The van der Waals surface area contributed by atoms with Crippen LogP contribution in [0.5, 0.6) is 0 Å². The molecule has 0 atom stereocenters. The molecule has 2 N–H and O–H groups in total. The maximum atomic E-state index is 11.9. The van der Waals surface area contributed by atoms with Crippen molar-refractivity contribution in [3.63, 3.8) is 0 Å². The van der Waals surface area contributed by atoms with Gasteiger partial charge in [0.15, 0.2) is 11.1 Å². The fourth-order valence-electron chi connectivity index (χ4n) is 3.32. The van der Waals surface area contributed by atoms with Gasteiger partial charge in [-0.05, 0) is 12.8 Å². The van der Waals surface area contributed by atoms with Crippen LogP contribution in [0.1, 0.15) is 79.1 Å². The smallest absolute Gasteiger partial charge is 0.352 e. The first-order valence-corrected chi connectivity index (χ1v) is 10.6. The summed E-state index contributed by atoms with van der Waals surface area (Å²) in [5, 5.41) is 20.1. The molecule has 2 rings (SSSR count). The molecule has 0 unspecified atom stereocenters. The first-order valence-electron chi connectivity index (χ1n) is 10.6. The van der Waals surface area contributed by atoms with E-state index in [0.717, 1.165) is 25.7 Å². The van der Waals surface area contributed by atoms with Gasteiger partial charge in [-0.1, -0.05) is 25.7 Å². The number of carbonyl (C=O) groups is 4. The summed E-state index contributed by atoms with van der Waals surface area (Å²) in [6, 6.07) is 0. The van der Waals surface area contributed by atoms with Gasteiger partial charge in [-0.2, -0.15) is 0 Å². The van der Waals surface area contributed by atoms with E-state index in [-0.39, 0.29) is 24.4 Å². The second kappa shape index (κ2) is 10.1. The Kier molecular flexibility index (Phi) is 7.92. The molecule has 0 aliphatic carbocycles. The molecular weight excluding hydrogens is 424 g/mol. The van der Waals surface area contributed by atoms with Crippen molar-refractivity contribution >= 4 is 23.9 Å². The summed E-state index contributed by atoms with van der Waals surface area (Å²) >= 11 is 0. The molecule has 0 spiro atoms. The summed E-state index contributed by atoms with van der Waals surface area (Å²) in [6.45, 7) is 5.72. The molecule has 178 valence electrons. The van der Waals surface area contributed by atoms with E-state index in [0.29, 0.717) is 12.8 Å². The van der Waals surface area contributed by atoms with E-state index in [1.165, 1.54) is 27.7 Å². The zero-order valence-electron chi connectivity index (χ0n) is 18.8. The van der Waals surface area contributed by atoms with Gasteiger partial charge in [0.05, 0.1) is 0 Å². The van der Waals surface area contributed by atoms with Gasteiger partial charge in [0.1, 0.15) is 11.5 Å². The molecule has 2 aliphatic heterocycles. The van der Waals surface area contributed by atoms with E-state index in [1.807, 2.05) is 0 Å². The van der Waals surface area contributed by atoms with Crippen molar-refractivity contribution in [3.05, 3.63) is 22.7 Å². The van der Waals surface area contributed by atoms with Gasteiger partial charge < -0.3 is 29.2 Å². The third kappa shape index (κ3) is 6.73. The number of hydrogen-bond donors (Lipinski definition) is 2. The van der Waals surface area contributed by atoms with Crippen LogP contribution in [-0.4, -0.2) is 45.7 Å². The van der Waals surface area contributed by atoms with E-state index in [4.69, 9.17) is 18.9 Å². The molecule has 0 saturated carbocycles. The fourth-order valence-corrected chi connectivity index (χ4v) is 3.32. The number of aliphatic hydroxyl groups excluding tert-OH is 2. The Morgan fingerprint density at radius 3 is 1.09 bits per heavy atom. The van der Waals surface area contributed by atoms with Crippen molar-refractivity contribution in [1.82, 2.24) is 0 Å². The fraction of sp³-hybridized carbons (Fsp3) is 0.636. The SMILES string of the molecule is CC1(C)OC(=O)C(=C(O)CCCCCCCCC(O)=C2C(=O)OC(C)(C)OC2=O)C(=O)O1. The van der Waals surface area contributed by atoms with Gasteiger partial charge in [-0.25, -0.2) is 19.2 Å². The minimum Gasteiger partial charge on any atom is -0.511 e. The van der Waals surface area contributed by atoms with Crippen LogP contribution in [0.3, 0.4) is 0 Å². The summed E-state index contributed by atoms with van der Waals surface area (Å²) in [5.41, 5.74) is -0.924. The molecule has 2 saturated heterocycles. The lowest BCUT2D eigenvalue weighted by Crippen LogP contribution is -2.42. The molecular formula is C22H30O10. The molecule has 10 heteroatoms. The number of aliphatic hydroxyl groups is 2. The van der Waals surface area contributed by atoms with Crippen LogP contribution in [0.25, 0.3) is 0 Å². The normalized spacial score (nSPS) is 19.6. The summed E-state index contributed by atoms with van der Waals surface area (Å²) in [7, 11) is 0. The van der Waals surface area contributed by atoms with Crippen LogP contribution in [0.15, 0.2) is 22.7 Å². The number of hydrogen-bond acceptors (Lipinski definition) is 10. The van der Waals surface area contributed by atoms with Crippen LogP contribution >= 0.6 is 0 Å². The zero-order valence-corrected chi connectivity index (χ0v) is 18.8. The van der Waals surface area contributed by atoms with E-state index < -0.39 is 46.6 Å². The Balaban J connectivity index is 1.68. The molecule has 2 fully saturated rings. The van der Waals surface area contributed by atoms with E-state index >= 15 is 0 Å². The minimum absolute atomic E-state index is 0.146. The van der Waals surface area contributed by atoms with Crippen LogP contribution in [0.4, 0.5) is 0 Å². The summed E-state index contributed by atoms with van der Waals surface area (Å²) in [4.78, 5) is 47.6. The van der Waals surface area contributed by atoms with E-state index in [9.17, 15) is 29.4 Å². The second-order valence-electron chi connectivity index (χ2n) is 8.62. The monoisotopic (exact) mass is 454 g/mol. The molecule has 0 radical (unpaired) electrons. The van der Waals surface area contributed by atoms with Crippen molar-refractivity contribution < 1.29 is 48.3 Å². The average molecular weight is 454 g/mol. The zero-order chi connectivity index (χ0) is 24.1. The third-order valence-corrected chi connectivity index (χ3v) is 4.82. The molecule has 0 bridgehead atoms. The lowest BCUT2D eigenvalue weighted by Gasteiger charge is -2.30. The Labute approximate surface area is 186 Å². The number of esters is 4. The molecule has 0 amide bonds. The Morgan fingerprint density at radius 2 is 0.812 bits per heavy atom. The van der Waals surface area contributed by atoms with Crippen molar-refractivity contribution in [1.29, 1.82) is 0 Å². The summed E-state index contributed by atoms with van der Waals surface area (Å²) in [5.74, 6) is -6.98. The molecule has 32 heavy (non-hydrogen) atoms. The quantitative estimate of drug-likeness (QED) is 0.175. The van der Waals surface area contributed by atoms with E-state index in [2.05, 4.69) is 0 Å². The summed E-state index contributed by atoms with van der Waals surface area (Å²) < 4.78 is 19.8. The molecule has 0 aromatic rings. The van der Waals surface area contributed by atoms with E-state index in [1.54, 1.807) is 0 Å². The maximum Gasteiger partial charge on any atom is 0.352 e. The molecule has 2 heterocycles. The number of rotatable bonds is 9. The highest BCUT2D eigenvalue weighted by Gasteiger charge is 2.42. The van der Waals surface area contributed by atoms with Crippen molar-refractivity contribution in [2.24, 2.45) is 0 Å². The highest BCUT2D eigenvalue weighted by molar-refractivity contribution is 6.16. The van der Waals surface area contributed by atoms with Gasteiger partial charge in [0.2, 0.25) is 0 Å². The van der Waals surface area contributed by atoms with Crippen LogP contribution in [0.2, 0.25) is 0 Å². The van der Waals surface area contributed by atoms with Gasteiger partial charge in [0.25, 0.3) is 11.6 Å². The van der Waals surface area contributed by atoms with Gasteiger partial charge in [0, 0.05) is 40.5 Å². The third-order valence-electron chi connectivity index (χ3n) is 4.82. The number of unbranched alkanes of at least 4 members (excludes halogenated alkanes) is 5. The van der Waals surface area contributed by atoms with Gasteiger partial charge in [-0.15, -0.1) is 0 Å². The minimum atomic E-state index is -1.35. The molecule has 2 aliphatic rings. The molecule has 0 aromatic carbocycles. The first kappa shape index (κ1) is 25.2. The van der Waals surface area contributed by atoms with Crippen molar-refractivity contribution in [2.75, 3.05) is 0 Å². The predicted octanol–water partition coefficient (Wildman–Crippen LogP) is 3.40. The number of carbonyl (C=O) groups excluding carboxylic acids is 4. The second-order valence-corrected chi connectivity index (χ2v) is 8.62. The standard InChI is InChI=1S/C22H30O10/c1-21(2)29-17(25)15(18(26)30-21)13(23)11-9-7-5-6-8-10-12-14(24)16-19(27)31-22(3,4)32-20(16)28/h23-24H,5-12H2,1-4H3. The molecule has 0 aromatic heterocycles. The number of cyclic esters (lactones) is 4. The number of allylic oxidation sites excluding steroid dienone is 2. The topological polar surface area (TPSA) is 146 Å². The van der Waals surface area contributed by atoms with Crippen LogP contribution in [0, 0.1) is 0 Å². The van der Waals surface area contributed by atoms with Crippen LogP contribution in [-0.2, 0) is 38.1 Å². The Bertz CT molecular complexity index is 733. The van der Waals surface area contributed by atoms with Crippen molar-refractivity contribution in [3.8, 4) is 0 Å². The van der Waals surface area contributed by atoms with Crippen molar-refractivity contribution in [2.45, 2.75) is 90.6 Å². The summed E-state index contributed by atoms with van der Waals surface area (Å²) in [6.07, 6.45) is 4.53. The lowest BCUT2D eigenvalue weighted by atomic mass is 10.0. The highest BCUT2D eigenvalue weighted by Crippen LogP contribution is 2.27. The lowest BCUT2D eigenvalue weighted by molar-refractivity contribution is -0.224. The number of ether oxygens (including phenoxy) is 4. The Hall–Kier alpha value is -3.04. The van der Waals surface area contributed by atoms with Gasteiger partial charge >= 0.3 is 23.9 Å². The Morgan fingerprint density at radius 1 is 0.562 bits per heavy atom. The maximum absolute atomic E-state index is 11.9. The average Bonchev–Trinajstić information content (AvgIpc) is 2.60. The van der Waals surface area contributed by atoms with Crippen LogP contribution < -0.4 is 0 Å². The van der Waals surface area contributed by atoms with Gasteiger partial charge in [-0.3, -0.25) is 0 Å². The first-order chi connectivity index (χ1) is 14.8. The largest absolute Gasteiger partial charge is 0.511 e.